The van der Waals surface area contributed by atoms with E-state index in [2.05, 4.69) is 21.2 Å². The molecule has 0 aliphatic carbocycles. The first-order valence-electron chi connectivity index (χ1n) is 8.17. The zero-order valence-corrected chi connectivity index (χ0v) is 14.1. The van der Waals surface area contributed by atoms with E-state index in [1.54, 1.807) is 4.68 Å². The Kier molecular flexibility index (Phi) is 3.20. The van der Waals surface area contributed by atoms with Gasteiger partial charge in [-0.2, -0.15) is 10.2 Å². The normalized spacial score (nSPS) is 19.6. The SMILES string of the molecule is Cn1cc(-n2ncc3cc(Cl)c(C4CN(C5COC5)C4)cc32)cn1. The fourth-order valence-corrected chi connectivity index (χ4v) is 3.87. The molecule has 6 nitrogen and oxygen atoms in total. The van der Waals surface area contributed by atoms with Gasteiger partial charge in [0.25, 0.3) is 0 Å². The van der Waals surface area contributed by atoms with Gasteiger partial charge in [0.05, 0.1) is 43.4 Å². The molecule has 2 saturated heterocycles. The molecule has 2 aliphatic rings. The lowest BCUT2D eigenvalue weighted by atomic mass is 9.89. The molecule has 3 aromatic rings. The molecule has 7 heteroatoms. The molecule has 124 valence electrons. The Morgan fingerprint density at radius 3 is 2.67 bits per heavy atom. The van der Waals surface area contributed by atoms with Crippen LogP contribution in [0, 0.1) is 0 Å². The first-order chi connectivity index (χ1) is 11.7. The minimum Gasteiger partial charge on any atom is -0.378 e. The highest BCUT2D eigenvalue weighted by Crippen LogP contribution is 2.37. The van der Waals surface area contributed by atoms with Gasteiger partial charge < -0.3 is 4.74 Å². The highest BCUT2D eigenvalue weighted by molar-refractivity contribution is 6.32. The van der Waals surface area contributed by atoms with Crippen LogP contribution in [0.3, 0.4) is 0 Å². The van der Waals surface area contributed by atoms with E-state index in [-0.39, 0.29) is 0 Å². The molecule has 5 rings (SSSR count). The molecule has 0 N–H and O–H groups in total. The quantitative estimate of drug-likeness (QED) is 0.731. The van der Waals surface area contributed by atoms with Crippen LogP contribution in [0.15, 0.2) is 30.7 Å². The number of aryl methyl sites for hydroxylation is 1. The fraction of sp³-hybridized carbons (Fsp3) is 0.412. The van der Waals surface area contributed by atoms with Gasteiger partial charge in [-0.3, -0.25) is 9.58 Å². The highest BCUT2D eigenvalue weighted by Gasteiger charge is 2.37. The number of fused-ring (bicyclic) bond motifs is 1. The molecule has 0 unspecified atom stereocenters. The Hall–Kier alpha value is -1.89. The summed E-state index contributed by atoms with van der Waals surface area (Å²) in [6.45, 7) is 3.85. The minimum atomic E-state index is 0.486. The van der Waals surface area contributed by atoms with E-state index in [0.29, 0.717) is 12.0 Å². The van der Waals surface area contributed by atoms with Crippen molar-refractivity contribution in [2.75, 3.05) is 26.3 Å². The Morgan fingerprint density at radius 1 is 1.17 bits per heavy atom. The van der Waals surface area contributed by atoms with Crippen LogP contribution >= 0.6 is 11.6 Å². The van der Waals surface area contributed by atoms with Gasteiger partial charge in [0.15, 0.2) is 0 Å². The van der Waals surface area contributed by atoms with Crippen LogP contribution in [0.2, 0.25) is 5.02 Å². The van der Waals surface area contributed by atoms with Crippen molar-refractivity contribution in [3.63, 3.8) is 0 Å². The van der Waals surface area contributed by atoms with Gasteiger partial charge in [-0.25, -0.2) is 4.68 Å². The second kappa shape index (κ2) is 5.31. The number of ether oxygens (including phenoxy) is 1. The lowest BCUT2D eigenvalue weighted by molar-refractivity contribution is -0.0905. The Bertz CT molecular complexity index is 907. The summed E-state index contributed by atoms with van der Waals surface area (Å²) in [4.78, 5) is 2.48. The van der Waals surface area contributed by atoms with Crippen molar-refractivity contribution >= 4 is 22.5 Å². The van der Waals surface area contributed by atoms with Crippen LogP contribution in [0.25, 0.3) is 16.6 Å². The molecule has 0 radical (unpaired) electrons. The van der Waals surface area contributed by atoms with Crippen LogP contribution in [0.1, 0.15) is 11.5 Å². The van der Waals surface area contributed by atoms with E-state index in [9.17, 15) is 0 Å². The van der Waals surface area contributed by atoms with Crippen LogP contribution in [0.4, 0.5) is 0 Å². The maximum absolute atomic E-state index is 6.55. The monoisotopic (exact) mass is 343 g/mol. The van der Waals surface area contributed by atoms with E-state index in [1.807, 2.05) is 36.4 Å². The molecule has 0 bridgehead atoms. The van der Waals surface area contributed by atoms with Gasteiger partial charge in [0.2, 0.25) is 0 Å². The van der Waals surface area contributed by atoms with Crippen molar-refractivity contribution in [2.45, 2.75) is 12.0 Å². The molecular formula is C17H18ClN5O. The smallest absolute Gasteiger partial charge is 0.103 e. The molecule has 24 heavy (non-hydrogen) atoms. The summed E-state index contributed by atoms with van der Waals surface area (Å²) in [7, 11) is 1.91. The van der Waals surface area contributed by atoms with Crippen molar-refractivity contribution in [1.29, 1.82) is 0 Å². The Morgan fingerprint density at radius 2 is 2.00 bits per heavy atom. The molecular weight excluding hydrogens is 326 g/mol. The maximum atomic E-state index is 6.55. The summed E-state index contributed by atoms with van der Waals surface area (Å²) in [6.07, 6.45) is 5.64. The summed E-state index contributed by atoms with van der Waals surface area (Å²) in [5.74, 6) is 0.486. The van der Waals surface area contributed by atoms with Crippen LogP contribution in [-0.4, -0.2) is 56.8 Å². The molecule has 0 saturated carbocycles. The van der Waals surface area contributed by atoms with E-state index in [0.717, 1.165) is 47.9 Å². The molecule has 4 heterocycles. The van der Waals surface area contributed by atoms with Gasteiger partial charge >= 0.3 is 0 Å². The summed E-state index contributed by atoms with van der Waals surface area (Å²) >= 11 is 6.55. The maximum Gasteiger partial charge on any atom is 0.103 e. The Labute approximate surface area is 144 Å². The van der Waals surface area contributed by atoms with E-state index < -0.39 is 0 Å². The first kappa shape index (κ1) is 14.5. The number of aromatic nitrogens is 4. The minimum absolute atomic E-state index is 0.486. The zero-order valence-electron chi connectivity index (χ0n) is 13.4. The van der Waals surface area contributed by atoms with Gasteiger partial charge in [-0.05, 0) is 17.7 Å². The average Bonchev–Trinajstić information content (AvgIpc) is 3.05. The van der Waals surface area contributed by atoms with E-state index >= 15 is 0 Å². The van der Waals surface area contributed by atoms with Gasteiger partial charge in [0, 0.05) is 36.5 Å². The predicted octanol–water partition coefficient (Wildman–Crippen LogP) is 2.21. The second-order valence-corrected chi connectivity index (χ2v) is 7.11. The molecule has 1 aromatic carbocycles. The van der Waals surface area contributed by atoms with Gasteiger partial charge in [-0.1, -0.05) is 11.6 Å². The van der Waals surface area contributed by atoms with Crippen LogP contribution in [-0.2, 0) is 11.8 Å². The molecule has 2 aliphatic heterocycles. The second-order valence-electron chi connectivity index (χ2n) is 6.70. The predicted molar refractivity (Wildman–Crippen MR) is 91.8 cm³/mol. The topological polar surface area (TPSA) is 48.1 Å². The third kappa shape index (κ3) is 2.17. The molecule has 0 spiro atoms. The van der Waals surface area contributed by atoms with Gasteiger partial charge in [0.1, 0.15) is 5.69 Å². The molecule has 0 atom stereocenters. The van der Waals surface area contributed by atoms with E-state index in [4.69, 9.17) is 16.3 Å². The number of likely N-dealkylation sites (tertiary alicyclic amines) is 1. The van der Waals surface area contributed by atoms with Crippen molar-refractivity contribution in [2.24, 2.45) is 7.05 Å². The number of hydrogen-bond donors (Lipinski definition) is 0. The first-order valence-corrected chi connectivity index (χ1v) is 8.55. The third-order valence-electron chi connectivity index (χ3n) is 5.11. The number of benzene rings is 1. The van der Waals surface area contributed by atoms with Crippen molar-refractivity contribution < 1.29 is 4.74 Å². The summed E-state index contributed by atoms with van der Waals surface area (Å²) < 4.78 is 8.99. The van der Waals surface area contributed by atoms with Crippen molar-refractivity contribution in [1.82, 2.24) is 24.5 Å². The molecule has 2 fully saturated rings. The zero-order chi connectivity index (χ0) is 16.3. The average molecular weight is 344 g/mol. The lowest BCUT2D eigenvalue weighted by Crippen LogP contribution is -2.58. The largest absolute Gasteiger partial charge is 0.378 e. The molecule has 2 aromatic heterocycles. The summed E-state index contributed by atoms with van der Waals surface area (Å²) in [5, 5.41) is 10.6. The van der Waals surface area contributed by atoms with Crippen LogP contribution in [0.5, 0.6) is 0 Å². The van der Waals surface area contributed by atoms with Crippen molar-refractivity contribution in [3.05, 3.63) is 41.3 Å². The number of nitrogens with zero attached hydrogens (tertiary/aromatic N) is 5. The Balaban J connectivity index is 1.49. The number of hydrogen-bond acceptors (Lipinski definition) is 4. The lowest BCUT2D eigenvalue weighted by Gasteiger charge is -2.47. The number of rotatable bonds is 3. The van der Waals surface area contributed by atoms with E-state index in [1.165, 1.54) is 5.56 Å². The third-order valence-corrected chi connectivity index (χ3v) is 5.44. The van der Waals surface area contributed by atoms with Crippen molar-refractivity contribution in [3.8, 4) is 5.69 Å². The van der Waals surface area contributed by atoms with Crippen LogP contribution < -0.4 is 0 Å². The summed E-state index contributed by atoms with van der Waals surface area (Å²) in [5.41, 5.74) is 3.25. The highest BCUT2D eigenvalue weighted by atomic mass is 35.5. The van der Waals surface area contributed by atoms with Gasteiger partial charge in [-0.15, -0.1) is 0 Å². The summed E-state index contributed by atoms with van der Waals surface area (Å²) in [6, 6.07) is 4.82. The standard InChI is InChI=1S/C17H18ClN5O/c1-21-8-13(5-19-21)23-17-3-15(16(18)2-11(17)4-20-23)12-6-22(7-12)14-9-24-10-14/h2-5,8,12,14H,6-7,9-10H2,1H3. The number of halogens is 1. The fourth-order valence-electron chi connectivity index (χ4n) is 3.54. The molecule has 0 amide bonds.